The first-order valence-electron chi connectivity index (χ1n) is 11.0. The molecule has 0 bridgehead atoms. The van der Waals surface area contributed by atoms with Gasteiger partial charge >= 0.3 is 0 Å². The minimum Gasteiger partial charge on any atom is -0.497 e. The third kappa shape index (κ3) is 6.00. The van der Waals surface area contributed by atoms with Crippen molar-refractivity contribution in [1.82, 2.24) is 19.7 Å². The number of carbonyl (C=O) groups is 2. The van der Waals surface area contributed by atoms with Crippen molar-refractivity contribution < 1.29 is 14.3 Å². The minimum absolute atomic E-state index is 0.0147. The van der Waals surface area contributed by atoms with E-state index in [1.807, 2.05) is 54.0 Å². The molecule has 7 nitrogen and oxygen atoms in total. The number of methoxy groups -OCH3 is 1. The monoisotopic (exact) mass is 428 g/mol. The average Bonchev–Trinajstić information content (AvgIpc) is 3.13. The summed E-state index contributed by atoms with van der Waals surface area (Å²) in [6.45, 7) is 7.47. The number of hydrogen-bond donors (Lipinski definition) is 1. The van der Waals surface area contributed by atoms with E-state index in [1.54, 1.807) is 7.11 Å². The molecular formula is C24H36N4O3. The van der Waals surface area contributed by atoms with Crippen LogP contribution in [0.25, 0.3) is 10.9 Å². The van der Waals surface area contributed by atoms with Crippen molar-refractivity contribution in [2.45, 2.75) is 33.2 Å². The van der Waals surface area contributed by atoms with Crippen molar-refractivity contribution in [3.63, 3.8) is 0 Å². The summed E-state index contributed by atoms with van der Waals surface area (Å²) in [6.07, 6.45) is 3.38. The second kappa shape index (κ2) is 9.73. The molecule has 1 saturated heterocycles. The number of benzene rings is 1. The van der Waals surface area contributed by atoms with E-state index in [1.165, 1.54) is 0 Å². The molecule has 170 valence electrons. The molecule has 0 unspecified atom stereocenters. The second-order valence-electron chi connectivity index (χ2n) is 9.64. The lowest BCUT2D eigenvalue weighted by atomic mass is 9.91. The zero-order valence-corrected chi connectivity index (χ0v) is 19.5. The Labute approximate surface area is 185 Å². The largest absolute Gasteiger partial charge is 0.497 e. The Morgan fingerprint density at radius 2 is 1.90 bits per heavy atom. The highest BCUT2D eigenvalue weighted by Crippen LogP contribution is 2.23. The summed E-state index contributed by atoms with van der Waals surface area (Å²) in [7, 11) is 5.74. The molecule has 0 atom stereocenters. The molecule has 0 spiro atoms. The van der Waals surface area contributed by atoms with Gasteiger partial charge in [-0.25, -0.2) is 0 Å². The van der Waals surface area contributed by atoms with Crippen LogP contribution in [0.1, 0.15) is 26.7 Å². The second-order valence-corrected chi connectivity index (χ2v) is 9.64. The molecule has 2 heterocycles. The van der Waals surface area contributed by atoms with E-state index in [9.17, 15) is 9.59 Å². The summed E-state index contributed by atoms with van der Waals surface area (Å²) in [4.78, 5) is 29.5. The predicted octanol–water partition coefficient (Wildman–Crippen LogP) is 2.59. The van der Waals surface area contributed by atoms with Crippen LogP contribution < -0.4 is 10.1 Å². The highest BCUT2D eigenvalue weighted by molar-refractivity contribution is 5.84. The van der Waals surface area contributed by atoms with Gasteiger partial charge in [-0.1, -0.05) is 13.8 Å². The molecule has 0 radical (unpaired) electrons. The van der Waals surface area contributed by atoms with Crippen LogP contribution in [0.5, 0.6) is 5.75 Å². The van der Waals surface area contributed by atoms with E-state index in [4.69, 9.17) is 4.74 Å². The maximum atomic E-state index is 12.8. The molecule has 0 aliphatic carbocycles. The van der Waals surface area contributed by atoms with Crippen LogP contribution in [0.4, 0.5) is 0 Å². The molecular weight excluding hydrogens is 392 g/mol. The summed E-state index contributed by atoms with van der Waals surface area (Å²) >= 11 is 0. The van der Waals surface area contributed by atoms with Crippen LogP contribution in [0.2, 0.25) is 0 Å². The van der Waals surface area contributed by atoms with Crippen molar-refractivity contribution in [2.24, 2.45) is 11.3 Å². The molecule has 1 N–H and O–H groups in total. The van der Waals surface area contributed by atoms with Gasteiger partial charge in [0.15, 0.2) is 0 Å². The number of piperidine rings is 1. The van der Waals surface area contributed by atoms with Gasteiger partial charge in [0.2, 0.25) is 11.8 Å². The van der Waals surface area contributed by atoms with Crippen LogP contribution in [0.3, 0.4) is 0 Å². The summed E-state index contributed by atoms with van der Waals surface area (Å²) in [5.41, 5.74) is 1.04. The maximum absolute atomic E-state index is 12.8. The van der Waals surface area contributed by atoms with Crippen LogP contribution in [-0.2, 0) is 16.1 Å². The molecule has 1 aliphatic heterocycles. The van der Waals surface area contributed by atoms with Gasteiger partial charge in [-0.15, -0.1) is 0 Å². The fourth-order valence-electron chi connectivity index (χ4n) is 4.46. The van der Waals surface area contributed by atoms with E-state index < -0.39 is 0 Å². The smallest absolute Gasteiger partial charge is 0.242 e. The molecule has 3 rings (SSSR count). The number of hydrogen-bond acceptors (Lipinski definition) is 4. The minimum atomic E-state index is -0.0147. The Morgan fingerprint density at radius 3 is 2.55 bits per heavy atom. The standard InChI is InChI=1S/C24H36N4O3/c1-24(2,17-26(3)4)16-25-23(30)18-8-11-27(12-9-18)22(29)15-28-13-10-19-14-20(31-5)6-7-21(19)28/h6-7,10,13-14,18H,8-9,11-12,15-17H2,1-5H3,(H,25,30). The number of fused-ring (bicyclic) bond motifs is 1. The fraction of sp³-hybridized carbons (Fsp3) is 0.583. The Balaban J connectivity index is 1.49. The van der Waals surface area contributed by atoms with E-state index >= 15 is 0 Å². The van der Waals surface area contributed by atoms with Crippen LogP contribution in [0.15, 0.2) is 30.5 Å². The summed E-state index contributed by atoms with van der Waals surface area (Å²) < 4.78 is 7.25. The highest BCUT2D eigenvalue weighted by atomic mass is 16.5. The first-order chi connectivity index (χ1) is 14.7. The first-order valence-corrected chi connectivity index (χ1v) is 11.0. The van der Waals surface area contributed by atoms with Gasteiger partial charge in [0, 0.05) is 49.2 Å². The number of nitrogens with zero attached hydrogens (tertiary/aromatic N) is 3. The van der Waals surface area contributed by atoms with Gasteiger partial charge < -0.3 is 24.4 Å². The van der Waals surface area contributed by atoms with E-state index in [-0.39, 0.29) is 23.1 Å². The number of nitrogens with one attached hydrogen (secondary N) is 1. The van der Waals surface area contributed by atoms with Crippen molar-refractivity contribution in [1.29, 1.82) is 0 Å². The van der Waals surface area contributed by atoms with Gasteiger partial charge in [0.25, 0.3) is 0 Å². The lowest BCUT2D eigenvalue weighted by Gasteiger charge is -2.33. The van der Waals surface area contributed by atoms with Crippen molar-refractivity contribution in [3.8, 4) is 5.75 Å². The SMILES string of the molecule is COc1ccc2c(ccn2CC(=O)N2CCC(C(=O)NCC(C)(C)CN(C)C)CC2)c1. The summed E-state index contributed by atoms with van der Waals surface area (Å²) in [5.74, 6) is 1.00. The first kappa shape index (κ1) is 23.1. The molecule has 1 aliphatic rings. The molecule has 0 saturated carbocycles. The fourth-order valence-corrected chi connectivity index (χ4v) is 4.46. The average molecular weight is 429 g/mol. The molecule has 7 heteroatoms. The van der Waals surface area contributed by atoms with E-state index in [0.29, 0.717) is 26.2 Å². The van der Waals surface area contributed by atoms with Crippen LogP contribution >= 0.6 is 0 Å². The topological polar surface area (TPSA) is 66.8 Å². The number of ether oxygens (including phenoxy) is 1. The lowest BCUT2D eigenvalue weighted by Crippen LogP contribution is -2.46. The quantitative estimate of drug-likeness (QED) is 0.702. The Kier molecular flexibility index (Phi) is 7.26. The van der Waals surface area contributed by atoms with Crippen molar-refractivity contribution in [2.75, 3.05) is 47.4 Å². The van der Waals surface area contributed by atoms with E-state index in [2.05, 4.69) is 24.1 Å². The predicted molar refractivity (Wildman–Crippen MR) is 123 cm³/mol. The lowest BCUT2D eigenvalue weighted by molar-refractivity contribution is -0.136. The summed E-state index contributed by atoms with van der Waals surface area (Å²) in [6, 6.07) is 7.86. The van der Waals surface area contributed by atoms with Gasteiger partial charge in [0.1, 0.15) is 12.3 Å². The van der Waals surface area contributed by atoms with E-state index in [0.717, 1.165) is 36.0 Å². The van der Waals surface area contributed by atoms with Gasteiger partial charge in [0.05, 0.1) is 7.11 Å². The molecule has 1 aromatic carbocycles. The number of amides is 2. The molecule has 2 amide bonds. The van der Waals surface area contributed by atoms with Crippen LogP contribution in [-0.4, -0.2) is 73.6 Å². The van der Waals surface area contributed by atoms with Crippen molar-refractivity contribution in [3.05, 3.63) is 30.5 Å². The third-order valence-corrected chi connectivity index (χ3v) is 5.99. The maximum Gasteiger partial charge on any atom is 0.242 e. The molecule has 1 fully saturated rings. The molecule has 2 aromatic rings. The number of aromatic nitrogens is 1. The third-order valence-electron chi connectivity index (χ3n) is 5.99. The normalized spacial score (nSPS) is 15.5. The van der Waals surface area contributed by atoms with Gasteiger partial charge in [-0.2, -0.15) is 0 Å². The van der Waals surface area contributed by atoms with Crippen molar-refractivity contribution >= 4 is 22.7 Å². The zero-order chi connectivity index (χ0) is 22.6. The van der Waals surface area contributed by atoms with Gasteiger partial charge in [-0.05, 0) is 56.6 Å². The molecule has 31 heavy (non-hydrogen) atoms. The summed E-state index contributed by atoms with van der Waals surface area (Å²) in [5, 5.41) is 4.18. The van der Waals surface area contributed by atoms with Crippen LogP contribution in [0, 0.1) is 11.3 Å². The highest BCUT2D eigenvalue weighted by Gasteiger charge is 2.29. The number of rotatable bonds is 8. The Hall–Kier alpha value is -2.54. The Morgan fingerprint density at radius 1 is 1.19 bits per heavy atom. The zero-order valence-electron chi connectivity index (χ0n) is 19.5. The van der Waals surface area contributed by atoms with Gasteiger partial charge in [-0.3, -0.25) is 9.59 Å². The number of likely N-dealkylation sites (tertiary alicyclic amines) is 1. The Bertz CT molecular complexity index is 911. The molecule has 1 aromatic heterocycles. The number of carbonyl (C=O) groups excluding carboxylic acids is 2.